The van der Waals surface area contributed by atoms with Gasteiger partial charge in [0.2, 0.25) is 5.82 Å². The number of aromatic amines is 1. The van der Waals surface area contributed by atoms with Crippen LogP contribution >= 0.6 is 0 Å². The molecule has 9 heteroatoms. The Bertz CT molecular complexity index is 1490. The molecule has 5 aromatic rings. The van der Waals surface area contributed by atoms with Crippen LogP contribution < -0.4 is 5.32 Å². The zero-order valence-electron chi connectivity index (χ0n) is 18.8. The number of benzene rings is 3. The maximum absolute atomic E-state index is 11.9. The summed E-state index contributed by atoms with van der Waals surface area (Å²) in [5, 5.41) is 27.8. The molecule has 2 heterocycles. The summed E-state index contributed by atoms with van der Waals surface area (Å²) in [6.07, 6.45) is 0.951. The monoisotopic (exact) mass is 453 g/mol. The first kappa shape index (κ1) is 21.3. The second-order valence-electron chi connectivity index (χ2n) is 7.91. The van der Waals surface area contributed by atoms with E-state index in [1.54, 1.807) is 12.1 Å². The molecule has 0 aliphatic heterocycles. The van der Waals surface area contributed by atoms with Gasteiger partial charge in [0, 0.05) is 29.0 Å². The molecule has 0 atom stereocenters. The Morgan fingerprint density at radius 3 is 2.62 bits per heavy atom. The molecule has 0 saturated carbocycles. The van der Waals surface area contributed by atoms with Crippen LogP contribution in [0.15, 0.2) is 60.7 Å². The van der Waals surface area contributed by atoms with Gasteiger partial charge in [-0.25, -0.2) is 9.78 Å². The zero-order chi connectivity index (χ0) is 23.7. The van der Waals surface area contributed by atoms with Gasteiger partial charge in [-0.15, -0.1) is 10.2 Å². The third kappa shape index (κ3) is 3.66. The van der Waals surface area contributed by atoms with Crippen molar-refractivity contribution in [2.24, 2.45) is 0 Å². The van der Waals surface area contributed by atoms with E-state index in [9.17, 15) is 9.90 Å². The molecule has 0 bridgehead atoms. The van der Waals surface area contributed by atoms with Crippen LogP contribution in [-0.4, -0.2) is 47.8 Å². The fraction of sp³-hybridized carbons (Fsp3) is 0.160. The molecule has 0 unspecified atom stereocenters. The van der Waals surface area contributed by atoms with Gasteiger partial charge in [-0.3, -0.25) is 4.57 Å². The number of carboxylic acids is 1. The number of para-hydroxylation sites is 1. The topological polar surface area (TPSA) is 122 Å². The van der Waals surface area contributed by atoms with E-state index in [-0.39, 0.29) is 5.56 Å². The summed E-state index contributed by atoms with van der Waals surface area (Å²) in [6, 6.07) is 19.1. The van der Waals surface area contributed by atoms with E-state index < -0.39 is 5.97 Å². The van der Waals surface area contributed by atoms with Crippen LogP contribution in [0.1, 0.15) is 29.5 Å². The first-order valence-corrected chi connectivity index (χ1v) is 11.0. The molecule has 0 amide bonds. The number of nitrogens with zero attached hydrogens (tertiary/aromatic N) is 5. The minimum absolute atomic E-state index is 0.215. The number of aromatic carboxylic acids is 1. The van der Waals surface area contributed by atoms with Crippen molar-refractivity contribution in [3.63, 3.8) is 0 Å². The van der Waals surface area contributed by atoms with Crippen molar-refractivity contribution < 1.29 is 9.90 Å². The van der Waals surface area contributed by atoms with E-state index in [0.717, 1.165) is 41.0 Å². The summed E-state index contributed by atoms with van der Waals surface area (Å²) < 4.78 is 1.89. The van der Waals surface area contributed by atoms with Gasteiger partial charge in [-0.2, -0.15) is 5.21 Å². The van der Waals surface area contributed by atoms with Crippen LogP contribution in [-0.2, 0) is 0 Å². The van der Waals surface area contributed by atoms with Gasteiger partial charge < -0.3 is 10.4 Å². The van der Waals surface area contributed by atoms with E-state index in [2.05, 4.69) is 37.8 Å². The third-order valence-electron chi connectivity index (χ3n) is 5.70. The number of nitrogens with one attached hydrogen (secondary N) is 2. The summed E-state index contributed by atoms with van der Waals surface area (Å²) in [7, 11) is 0. The Morgan fingerprint density at radius 2 is 1.88 bits per heavy atom. The van der Waals surface area contributed by atoms with Crippen LogP contribution in [0.2, 0.25) is 0 Å². The molecule has 9 nitrogen and oxygen atoms in total. The van der Waals surface area contributed by atoms with Gasteiger partial charge in [0.05, 0.1) is 16.6 Å². The highest BCUT2D eigenvalue weighted by atomic mass is 16.4. The van der Waals surface area contributed by atoms with Gasteiger partial charge in [0.25, 0.3) is 0 Å². The maximum atomic E-state index is 11.9. The number of aryl methyl sites for hydroxylation is 1. The van der Waals surface area contributed by atoms with E-state index in [1.165, 1.54) is 0 Å². The molecule has 0 saturated heterocycles. The number of carbonyl (C=O) groups is 1. The highest BCUT2D eigenvalue weighted by Gasteiger charge is 2.19. The largest absolute Gasteiger partial charge is 0.478 e. The summed E-state index contributed by atoms with van der Waals surface area (Å²) in [5.41, 5.74) is 6.00. The van der Waals surface area contributed by atoms with E-state index in [4.69, 9.17) is 0 Å². The van der Waals surface area contributed by atoms with Crippen LogP contribution in [0.25, 0.3) is 39.2 Å². The van der Waals surface area contributed by atoms with E-state index in [0.29, 0.717) is 22.7 Å². The standard InChI is InChI=1S/C25H23N7O2/c1-3-13-26-22-14-16(32-15(2)27-21-10-6-9-20(23(21)32)25(33)34)11-12-18(22)17-7-4-5-8-19(17)24-28-30-31-29-24/h4-12,14,26H,3,13H2,1-2H3,(H,33,34)(H,28,29,30,31). The quantitative estimate of drug-likeness (QED) is 0.326. The minimum atomic E-state index is -0.984. The van der Waals surface area contributed by atoms with Crippen molar-refractivity contribution in [1.29, 1.82) is 0 Å². The number of imidazole rings is 1. The molecule has 34 heavy (non-hydrogen) atoms. The van der Waals surface area contributed by atoms with Crippen molar-refractivity contribution in [2.45, 2.75) is 20.3 Å². The Balaban J connectivity index is 1.71. The van der Waals surface area contributed by atoms with Gasteiger partial charge in [0.1, 0.15) is 5.82 Å². The normalized spacial score (nSPS) is 11.1. The molecule has 0 aliphatic rings. The average Bonchev–Trinajstić information content (AvgIpc) is 3.50. The molecule has 3 N–H and O–H groups in total. The van der Waals surface area contributed by atoms with Gasteiger partial charge in [-0.1, -0.05) is 43.3 Å². The minimum Gasteiger partial charge on any atom is -0.478 e. The van der Waals surface area contributed by atoms with Crippen molar-refractivity contribution in [3.8, 4) is 28.2 Å². The predicted octanol–water partition coefficient (Wildman–Crippen LogP) is 4.70. The van der Waals surface area contributed by atoms with Gasteiger partial charge in [0.15, 0.2) is 0 Å². The SMILES string of the molecule is CCCNc1cc(-n2c(C)nc3cccc(C(=O)O)c32)ccc1-c1ccccc1-c1nn[nH]n1. The Labute approximate surface area is 195 Å². The van der Waals surface area contributed by atoms with Crippen LogP contribution in [0, 0.1) is 6.92 Å². The lowest BCUT2D eigenvalue weighted by Gasteiger charge is -2.17. The Kier molecular flexibility index (Phi) is 5.51. The second-order valence-corrected chi connectivity index (χ2v) is 7.91. The maximum Gasteiger partial charge on any atom is 0.337 e. The number of aromatic nitrogens is 6. The number of carboxylic acid groups (broad SMARTS) is 1. The molecular formula is C25H23N7O2. The van der Waals surface area contributed by atoms with Crippen molar-refractivity contribution in [3.05, 3.63) is 72.1 Å². The molecule has 0 spiro atoms. The summed E-state index contributed by atoms with van der Waals surface area (Å²) in [6.45, 7) is 4.77. The van der Waals surface area contributed by atoms with Crippen molar-refractivity contribution in [2.75, 3.05) is 11.9 Å². The Morgan fingerprint density at radius 1 is 1.06 bits per heavy atom. The average molecular weight is 454 g/mol. The lowest BCUT2D eigenvalue weighted by atomic mass is 9.97. The molecule has 5 rings (SSSR count). The zero-order valence-corrected chi connectivity index (χ0v) is 18.8. The fourth-order valence-corrected chi connectivity index (χ4v) is 4.23. The van der Waals surface area contributed by atoms with Crippen LogP contribution in [0.4, 0.5) is 5.69 Å². The van der Waals surface area contributed by atoms with Crippen molar-refractivity contribution in [1.82, 2.24) is 30.2 Å². The first-order valence-electron chi connectivity index (χ1n) is 11.0. The number of fused-ring (bicyclic) bond motifs is 1. The van der Waals surface area contributed by atoms with Crippen molar-refractivity contribution >= 4 is 22.7 Å². The van der Waals surface area contributed by atoms with Gasteiger partial charge in [-0.05, 0) is 48.4 Å². The lowest BCUT2D eigenvalue weighted by Crippen LogP contribution is -2.06. The molecule has 0 radical (unpaired) electrons. The highest BCUT2D eigenvalue weighted by Crippen LogP contribution is 2.37. The second kappa shape index (κ2) is 8.78. The number of rotatable bonds is 7. The third-order valence-corrected chi connectivity index (χ3v) is 5.70. The summed E-state index contributed by atoms with van der Waals surface area (Å²) in [5.74, 6) is 0.246. The summed E-state index contributed by atoms with van der Waals surface area (Å²) in [4.78, 5) is 16.5. The number of anilines is 1. The smallest absolute Gasteiger partial charge is 0.337 e. The number of hydrogen-bond acceptors (Lipinski definition) is 6. The van der Waals surface area contributed by atoms with Crippen LogP contribution in [0.3, 0.4) is 0 Å². The summed E-state index contributed by atoms with van der Waals surface area (Å²) >= 11 is 0. The van der Waals surface area contributed by atoms with E-state index >= 15 is 0 Å². The Hall–Kier alpha value is -4.53. The highest BCUT2D eigenvalue weighted by molar-refractivity contribution is 6.02. The molecule has 3 aromatic carbocycles. The lowest BCUT2D eigenvalue weighted by molar-refractivity contribution is 0.0698. The van der Waals surface area contributed by atoms with Crippen LogP contribution in [0.5, 0.6) is 0 Å². The van der Waals surface area contributed by atoms with E-state index in [1.807, 2.05) is 60.0 Å². The molecule has 0 fully saturated rings. The number of tetrazole rings is 1. The molecule has 170 valence electrons. The molecule has 2 aromatic heterocycles. The fourth-order valence-electron chi connectivity index (χ4n) is 4.23. The molecule has 0 aliphatic carbocycles. The molecular weight excluding hydrogens is 430 g/mol. The van der Waals surface area contributed by atoms with Gasteiger partial charge >= 0.3 is 5.97 Å². The number of H-pyrrole nitrogens is 1. The predicted molar refractivity (Wildman–Crippen MR) is 130 cm³/mol. The first-order chi connectivity index (χ1) is 16.6. The number of hydrogen-bond donors (Lipinski definition) is 3.